The summed E-state index contributed by atoms with van der Waals surface area (Å²) >= 11 is 0. The molecule has 0 amide bonds. The molecule has 134 valence electrons. The van der Waals surface area contributed by atoms with E-state index in [-0.39, 0.29) is 24.0 Å². The average molecular weight is 438 g/mol. The van der Waals surface area contributed by atoms with Crippen LogP contribution in [0.3, 0.4) is 0 Å². The third kappa shape index (κ3) is 9.75. The quantitative estimate of drug-likeness (QED) is 0.239. The summed E-state index contributed by atoms with van der Waals surface area (Å²) in [6.45, 7) is 8.39. The van der Waals surface area contributed by atoms with Gasteiger partial charge in [-0.2, -0.15) is 0 Å². The second-order valence-electron chi connectivity index (χ2n) is 5.04. The molecule has 1 heterocycles. The Morgan fingerprint density at radius 3 is 2.65 bits per heavy atom. The van der Waals surface area contributed by atoms with Gasteiger partial charge in [0, 0.05) is 46.3 Å². The Morgan fingerprint density at radius 1 is 1.22 bits per heavy atom. The lowest BCUT2D eigenvalue weighted by Gasteiger charge is -2.12. The molecule has 8 heteroatoms. The van der Waals surface area contributed by atoms with E-state index in [1.807, 2.05) is 0 Å². The van der Waals surface area contributed by atoms with E-state index >= 15 is 0 Å². The van der Waals surface area contributed by atoms with Gasteiger partial charge in [-0.05, 0) is 12.8 Å². The number of aliphatic imine (C=N–C) groups is 1. The summed E-state index contributed by atoms with van der Waals surface area (Å²) in [5.41, 5.74) is 0. The first-order valence-corrected chi connectivity index (χ1v) is 8.20. The topological polar surface area (TPSA) is 76.4 Å². The number of nitrogens with one attached hydrogen (secondary N) is 2. The van der Waals surface area contributed by atoms with Gasteiger partial charge in [-0.25, -0.2) is 0 Å². The highest BCUT2D eigenvalue weighted by Crippen LogP contribution is 1.94. The number of hydrogen-bond donors (Lipinski definition) is 2. The van der Waals surface area contributed by atoms with Gasteiger partial charge in [0.25, 0.3) is 0 Å². The van der Waals surface area contributed by atoms with E-state index in [0.29, 0.717) is 0 Å². The highest BCUT2D eigenvalue weighted by atomic mass is 127. The number of unbranched alkanes of at least 4 members (excludes halogenated alkanes) is 1. The number of rotatable bonds is 11. The van der Waals surface area contributed by atoms with Crippen LogP contribution in [-0.4, -0.2) is 54.1 Å². The molecule has 0 unspecified atom stereocenters. The molecule has 1 aromatic rings. The van der Waals surface area contributed by atoms with Gasteiger partial charge in [0.2, 0.25) is 0 Å². The van der Waals surface area contributed by atoms with Crippen molar-refractivity contribution in [2.24, 2.45) is 4.99 Å². The molecule has 0 bridgehead atoms. The Morgan fingerprint density at radius 2 is 1.96 bits per heavy atom. The number of ether oxygens (including phenoxy) is 1. The molecule has 0 fully saturated rings. The van der Waals surface area contributed by atoms with Crippen LogP contribution in [0, 0.1) is 0 Å². The van der Waals surface area contributed by atoms with E-state index in [4.69, 9.17) is 4.74 Å². The number of halogens is 1. The fourth-order valence-electron chi connectivity index (χ4n) is 1.98. The van der Waals surface area contributed by atoms with E-state index in [1.54, 1.807) is 13.4 Å². The molecule has 0 saturated carbocycles. The lowest BCUT2D eigenvalue weighted by molar-refractivity contribution is 0.129. The summed E-state index contributed by atoms with van der Waals surface area (Å²) < 4.78 is 7.59. The van der Waals surface area contributed by atoms with Crippen molar-refractivity contribution in [3.63, 3.8) is 0 Å². The van der Waals surface area contributed by atoms with Crippen molar-refractivity contribution in [3.05, 3.63) is 12.2 Å². The molecular weight excluding hydrogens is 407 g/mol. The van der Waals surface area contributed by atoms with Gasteiger partial charge in [0.15, 0.2) is 5.96 Å². The van der Waals surface area contributed by atoms with E-state index in [2.05, 4.69) is 44.2 Å². The van der Waals surface area contributed by atoms with Crippen LogP contribution in [0.15, 0.2) is 11.3 Å². The largest absolute Gasteiger partial charge is 0.381 e. The van der Waals surface area contributed by atoms with Gasteiger partial charge >= 0.3 is 0 Å². The predicted molar refractivity (Wildman–Crippen MR) is 105 cm³/mol. The summed E-state index contributed by atoms with van der Waals surface area (Å²) in [7, 11) is 1.78. The molecular formula is C15H31IN6O. The first-order chi connectivity index (χ1) is 10.8. The molecule has 0 aliphatic carbocycles. The van der Waals surface area contributed by atoms with Crippen LogP contribution in [0.2, 0.25) is 0 Å². The molecule has 0 radical (unpaired) electrons. The number of hydrogen-bond acceptors (Lipinski definition) is 4. The number of aryl methyl sites for hydroxylation is 1. The maximum Gasteiger partial charge on any atom is 0.191 e. The van der Waals surface area contributed by atoms with Gasteiger partial charge in [-0.15, -0.1) is 34.2 Å². The normalized spacial score (nSPS) is 11.2. The molecule has 23 heavy (non-hydrogen) atoms. The van der Waals surface area contributed by atoms with Crippen molar-refractivity contribution >= 4 is 29.9 Å². The lowest BCUT2D eigenvalue weighted by atomic mass is 10.4. The second kappa shape index (κ2) is 14.7. The SMILES string of the molecule is CCCCOCCCNC(=NC)NCCn1cnnc1CC.I. The summed E-state index contributed by atoms with van der Waals surface area (Å²) in [6, 6.07) is 0. The number of nitrogens with zero attached hydrogens (tertiary/aromatic N) is 4. The maximum absolute atomic E-state index is 5.53. The van der Waals surface area contributed by atoms with Crippen LogP contribution in [-0.2, 0) is 17.7 Å². The minimum absolute atomic E-state index is 0. The zero-order valence-corrected chi connectivity index (χ0v) is 16.9. The van der Waals surface area contributed by atoms with Gasteiger partial charge in [-0.1, -0.05) is 20.3 Å². The van der Waals surface area contributed by atoms with Crippen molar-refractivity contribution in [1.82, 2.24) is 25.4 Å². The van der Waals surface area contributed by atoms with Gasteiger partial charge in [0.1, 0.15) is 12.2 Å². The predicted octanol–water partition coefficient (Wildman–Crippen LogP) is 1.83. The minimum atomic E-state index is 0. The zero-order chi connectivity index (χ0) is 16.0. The lowest BCUT2D eigenvalue weighted by Crippen LogP contribution is -2.39. The standard InChI is InChI=1S/C15H30N6O.HI/c1-4-6-11-22-12-7-8-17-15(16-3)18-9-10-21-13-19-20-14(21)5-2;/h13H,4-12H2,1-3H3,(H2,16,17,18);1H. The molecule has 1 aromatic heterocycles. The average Bonchev–Trinajstić information content (AvgIpc) is 2.99. The Balaban J connectivity index is 0.00000484. The molecule has 0 spiro atoms. The van der Waals surface area contributed by atoms with E-state index < -0.39 is 0 Å². The minimum Gasteiger partial charge on any atom is -0.381 e. The Labute approximate surface area is 156 Å². The van der Waals surface area contributed by atoms with E-state index in [1.165, 1.54) is 6.42 Å². The fourth-order valence-corrected chi connectivity index (χ4v) is 1.98. The second-order valence-corrected chi connectivity index (χ2v) is 5.04. The molecule has 0 aromatic carbocycles. The van der Waals surface area contributed by atoms with Crippen molar-refractivity contribution in [1.29, 1.82) is 0 Å². The Hall–Kier alpha value is -0.900. The Bertz CT molecular complexity index is 424. The molecule has 0 saturated heterocycles. The van der Waals surface area contributed by atoms with Crippen molar-refractivity contribution in [2.45, 2.75) is 46.1 Å². The van der Waals surface area contributed by atoms with Crippen molar-refractivity contribution < 1.29 is 4.74 Å². The summed E-state index contributed by atoms with van der Waals surface area (Å²) in [6.07, 6.45) is 5.96. The zero-order valence-electron chi connectivity index (χ0n) is 14.5. The smallest absolute Gasteiger partial charge is 0.191 e. The van der Waals surface area contributed by atoms with Crippen molar-refractivity contribution in [2.75, 3.05) is 33.4 Å². The maximum atomic E-state index is 5.53. The molecule has 1 rings (SSSR count). The highest BCUT2D eigenvalue weighted by Gasteiger charge is 2.02. The molecule has 0 aliphatic heterocycles. The van der Waals surface area contributed by atoms with E-state index in [9.17, 15) is 0 Å². The van der Waals surface area contributed by atoms with Gasteiger partial charge in [0.05, 0.1) is 0 Å². The van der Waals surface area contributed by atoms with Crippen molar-refractivity contribution in [3.8, 4) is 0 Å². The summed E-state index contributed by atoms with van der Waals surface area (Å²) in [5.74, 6) is 1.83. The molecule has 2 N–H and O–H groups in total. The fraction of sp³-hybridized carbons (Fsp3) is 0.800. The van der Waals surface area contributed by atoms with Crippen LogP contribution in [0.25, 0.3) is 0 Å². The Kier molecular flexibility index (Phi) is 14.1. The van der Waals surface area contributed by atoms with Gasteiger partial charge < -0.3 is 19.9 Å². The molecule has 7 nitrogen and oxygen atoms in total. The van der Waals surface area contributed by atoms with Gasteiger partial charge in [-0.3, -0.25) is 4.99 Å². The third-order valence-electron chi connectivity index (χ3n) is 3.28. The third-order valence-corrected chi connectivity index (χ3v) is 3.28. The summed E-state index contributed by atoms with van der Waals surface area (Å²) in [5, 5.41) is 14.6. The highest BCUT2D eigenvalue weighted by molar-refractivity contribution is 14.0. The van der Waals surface area contributed by atoms with Crippen LogP contribution < -0.4 is 10.6 Å². The number of aromatic nitrogens is 3. The first kappa shape index (κ1) is 22.1. The van der Waals surface area contributed by atoms with Crippen LogP contribution in [0.4, 0.5) is 0 Å². The van der Waals surface area contributed by atoms with Crippen LogP contribution >= 0.6 is 24.0 Å². The van der Waals surface area contributed by atoms with Crippen LogP contribution in [0.1, 0.15) is 38.9 Å². The summed E-state index contributed by atoms with van der Waals surface area (Å²) in [4.78, 5) is 4.21. The van der Waals surface area contributed by atoms with E-state index in [0.717, 1.165) is 63.9 Å². The molecule has 0 aliphatic rings. The first-order valence-electron chi connectivity index (χ1n) is 8.20. The monoisotopic (exact) mass is 438 g/mol. The molecule has 0 atom stereocenters. The number of guanidine groups is 1. The van der Waals surface area contributed by atoms with Crippen LogP contribution in [0.5, 0.6) is 0 Å².